The van der Waals surface area contributed by atoms with Gasteiger partial charge in [-0.15, -0.1) is 0 Å². The quantitative estimate of drug-likeness (QED) is 0.709. The van der Waals surface area contributed by atoms with Crippen LogP contribution in [0.15, 0.2) is 18.2 Å². The van der Waals surface area contributed by atoms with E-state index in [4.69, 9.17) is 4.74 Å². The molecule has 0 saturated carbocycles. The number of esters is 1. The van der Waals surface area contributed by atoms with Gasteiger partial charge in [0.1, 0.15) is 5.78 Å². The van der Waals surface area contributed by atoms with E-state index in [1.165, 1.54) is 16.7 Å². The lowest BCUT2D eigenvalue weighted by atomic mass is 10.0. The number of hydrogen-bond donors (Lipinski definition) is 0. The lowest BCUT2D eigenvalue weighted by molar-refractivity contribution is -0.144. The number of Topliss-reactive ketones (excluding diaryl/α,β-unsaturated/α-hetero) is 1. The van der Waals surface area contributed by atoms with Crippen molar-refractivity contribution in [1.82, 2.24) is 0 Å². The van der Waals surface area contributed by atoms with E-state index in [9.17, 15) is 9.59 Å². The minimum Gasteiger partial charge on any atom is -0.466 e. The summed E-state index contributed by atoms with van der Waals surface area (Å²) < 4.78 is 4.80. The van der Waals surface area contributed by atoms with Gasteiger partial charge in [0.2, 0.25) is 0 Å². The van der Waals surface area contributed by atoms with E-state index >= 15 is 0 Å². The van der Waals surface area contributed by atoms with Gasteiger partial charge in [0.25, 0.3) is 0 Å². The zero-order chi connectivity index (χ0) is 14.3. The Morgan fingerprint density at radius 2 is 1.63 bits per heavy atom. The van der Waals surface area contributed by atoms with Crippen molar-refractivity contribution >= 4 is 11.8 Å². The molecule has 0 heterocycles. The first kappa shape index (κ1) is 15.4. The predicted molar refractivity (Wildman–Crippen MR) is 75.1 cm³/mol. The van der Waals surface area contributed by atoms with Crippen LogP contribution in [0, 0.1) is 13.8 Å². The van der Waals surface area contributed by atoms with Crippen molar-refractivity contribution in [1.29, 1.82) is 0 Å². The van der Waals surface area contributed by atoms with Crippen LogP contribution in [0.25, 0.3) is 0 Å². The summed E-state index contributed by atoms with van der Waals surface area (Å²) in [5, 5.41) is 0. The van der Waals surface area contributed by atoms with Crippen molar-refractivity contribution in [2.24, 2.45) is 0 Å². The Labute approximate surface area is 115 Å². The summed E-state index contributed by atoms with van der Waals surface area (Å²) in [5.74, 6) is -0.172. The van der Waals surface area contributed by atoms with Crippen LogP contribution in [-0.2, 0) is 20.7 Å². The maximum atomic E-state index is 11.7. The molecule has 0 fully saturated rings. The van der Waals surface area contributed by atoms with Crippen LogP contribution in [-0.4, -0.2) is 18.4 Å². The van der Waals surface area contributed by atoms with Crippen molar-refractivity contribution in [2.75, 3.05) is 6.61 Å². The Balaban J connectivity index is 2.35. The highest BCUT2D eigenvalue weighted by molar-refractivity contribution is 5.83. The Morgan fingerprint density at radius 1 is 1.00 bits per heavy atom. The average Bonchev–Trinajstić information content (AvgIpc) is 2.33. The normalized spacial score (nSPS) is 10.3. The van der Waals surface area contributed by atoms with E-state index < -0.39 is 0 Å². The van der Waals surface area contributed by atoms with Crippen molar-refractivity contribution in [3.05, 3.63) is 34.9 Å². The number of hydrogen-bond acceptors (Lipinski definition) is 3. The zero-order valence-electron chi connectivity index (χ0n) is 12.0. The molecule has 0 saturated heterocycles. The molecule has 0 bridgehead atoms. The Bertz CT molecular complexity index is 429. The molecule has 3 nitrogen and oxygen atoms in total. The number of ketones is 1. The number of ether oxygens (including phenoxy) is 1. The van der Waals surface area contributed by atoms with E-state index in [-0.39, 0.29) is 24.6 Å². The van der Waals surface area contributed by atoms with E-state index in [0.717, 1.165) is 6.42 Å². The summed E-state index contributed by atoms with van der Waals surface area (Å²) in [5.41, 5.74) is 3.62. The molecule has 0 aliphatic rings. The number of benzene rings is 1. The van der Waals surface area contributed by atoms with Gasteiger partial charge in [-0.2, -0.15) is 0 Å². The van der Waals surface area contributed by atoms with Crippen LogP contribution in [0.2, 0.25) is 0 Å². The highest BCUT2D eigenvalue weighted by Gasteiger charge is 2.08. The molecule has 0 unspecified atom stereocenters. The van der Waals surface area contributed by atoms with E-state index in [2.05, 4.69) is 32.0 Å². The number of aryl methyl sites for hydroxylation is 3. The molecule has 104 valence electrons. The van der Waals surface area contributed by atoms with Gasteiger partial charge in [0, 0.05) is 12.8 Å². The van der Waals surface area contributed by atoms with Crippen molar-refractivity contribution in [3.8, 4) is 0 Å². The first-order valence-electron chi connectivity index (χ1n) is 6.75. The van der Waals surface area contributed by atoms with Crippen LogP contribution >= 0.6 is 0 Å². The van der Waals surface area contributed by atoms with Gasteiger partial charge in [-0.1, -0.05) is 29.3 Å². The summed E-state index contributed by atoms with van der Waals surface area (Å²) >= 11 is 0. The first-order chi connectivity index (χ1) is 9.01. The summed E-state index contributed by atoms with van der Waals surface area (Å²) in [6.07, 6.45) is 1.70. The van der Waals surface area contributed by atoms with E-state index in [1.807, 2.05) is 0 Å². The Hall–Kier alpha value is -1.64. The fraction of sp³-hybridized carbons (Fsp3) is 0.500. The molecule has 0 aliphatic heterocycles. The molecule has 3 heteroatoms. The second kappa shape index (κ2) is 7.72. The molecular formula is C16H22O3. The maximum Gasteiger partial charge on any atom is 0.306 e. The van der Waals surface area contributed by atoms with Crippen LogP contribution < -0.4 is 0 Å². The maximum absolute atomic E-state index is 11.7. The van der Waals surface area contributed by atoms with Crippen LogP contribution in [0.5, 0.6) is 0 Å². The van der Waals surface area contributed by atoms with Crippen molar-refractivity contribution in [2.45, 2.75) is 46.5 Å². The minimum absolute atomic E-state index is 0.118. The Morgan fingerprint density at radius 3 is 2.21 bits per heavy atom. The number of rotatable bonds is 7. The highest BCUT2D eigenvalue weighted by Crippen LogP contribution is 2.11. The van der Waals surface area contributed by atoms with Crippen LogP contribution in [0.3, 0.4) is 0 Å². The van der Waals surface area contributed by atoms with Gasteiger partial charge in [-0.05, 0) is 32.8 Å². The third-order valence-electron chi connectivity index (χ3n) is 2.89. The monoisotopic (exact) mass is 262 g/mol. The topological polar surface area (TPSA) is 43.4 Å². The Kier molecular flexibility index (Phi) is 6.26. The highest BCUT2D eigenvalue weighted by atomic mass is 16.5. The molecule has 19 heavy (non-hydrogen) atoms. The van der Waals surface area contributed by atoms with Gasteiger partial charge in [-0.25, -0.2) is 0 Å². The fourth-order valence-electron chi connectivity index (χ4n) is 2.10. The van der Waals surface area contributed by atoms with Gasteiger partial charge < -0.3 is 4.74 Å². The van der Waals surface area contributed by atoms with Gasteiger partial charge >= 0.3 is 5.97 Å². The zero-order valence-corrected chi connectivity index (χ0v) is 12.0. The summed E-state index contributed by atoms with van der Waals surface area (Å²) in [6, 6.07) is 6.32. The number of carbonyl (C=O) groups is 2. The fourth-order valence-corrected chi connectivity index (χ4v) is 2.10. The summed E-state index contributed by atoms with van der Waals surface area (Å²) in [6.45, 7) is 6.24. The molecule has 0 atom stereocenters. The summed E-state index contributed by atoms with van der Waals surface area (Å²) in [7, 11) is 0. The lowest BCUT2D eigenvalue weighted by Gasteiger charge is -2.05. The summed E-state index contributed by atoms with van der Waals surface area (Å²) in [4.78, 5) is 22.8. The third-order valence-corrected chi connectivity index (χ3v) is 2.89. The van der Waals surface area contributed by atoms with Gasteiger partial charge in [0.05, 0.1) is 13.0 Å². The minimum atomic E-state index is -0.290. The smallest absolute Gasteiger partial charge is 0.306 e. The van der Waals surface area contributed by atoms with Gasteiger partial charge in [0.15, 0.2) is 0 Å². The first-order valence-corrected chi connectivity index (χ1v) is 6.75. The second-order valence-corrected chi connectivity index (χ2v) is 4.84. The molecule has 1 aromatic carbocycles. The predicted octanol–water partition coefficient (Wildman–Crippen LogP) is 3.15. The molecule has 1 rings (SSSR count). The largest absolute Gasteiger partial charge is 0.466 e. The lowest BCUT2D eigenvalue weighted by Crippen LogP contribution is -2.08. The molecule has 1 aromatic rings. The van der Waals surface area contributed by atoms with E-state index in [0.29, 0.717) is 13.0 Å². The molecule has 0 spiro atoms. The van der Waals surface area contributed by atoms with E-state index in [1.54, 1.807) is 6.92 Å². The van der Waals surface area contributed by atoms with Crippen LogP contribution in [0.1, 0.15) is 42.9 Å². The molecule has 0 N–H and O–H groups in total. The SMILES string of the molecule is CCOC(=O)CCC(=O)CCc1cc(C)cc(C)c1. The van der Waals surface area contributed by atoms with Crippen molar-refractivity contribution in [3.63, 3.8) is 0 Å². The van der Waals surface area contributed by atoms with Crippen molar-refractivity contribution < 1.29 is 14.3 Å². The molecule has 0 radical (unpaired) electrons. The molecule has 0 aliphatic carbocycles. The second-order valence-electron chi connectivity index (χ2n) is 4.84. The molecular weight excluding hydrogens is 240 g/mol. The standard InChI is InChI=1S/C16H22O3/c1-4-19-16(18)8-7-15(17)6-5-14-10-12(2)9-13(3)11-14/h9-11H,4-8H2,1-3H3. The number of carbonyl (C=O) groups excluding carboxylic acids is 2. The molecule has 0 aromatic heterocycles. The average molecular weight is 262 g/mol. The van der Waals surface area contributed by atoms with Gasteiger partial charge in [-0.3, -0.25) is 9.59 Å². The molecule has 0 amide bonds. The third kappa shape index (κ3) is 6.18. The van der Waals surface area contributed by atoms with Crippen LogP contribution in [0.4, 0.5) is 0 Å².